The molecule has 0 aliphatic rings. The van der Waals surface area contributed by atoms with Gasteiger partial charge in [0.2, 0.25) is 5.91 Å². The van der Waals surface area contributed by atoms with Crippen LogP contribution in [-0.2, 0) is 11.2 Å². The number of nitrogens with zero attached hydrogens (tertiary/aromatic N) is 1. The maximum Gasteiger partial charge on any atom is 0.257 e. The zero-order valence-corrected chi connectivity index (χ0v) is 16.1. The summed E-state index contributed by atoms with van der Waals surface area (Å²) >= 11 is 3.43. The van der Waals surface area contributed by atoms with Crippen LogP contribution < -0.4 is 10.6 Å². The van der Waals surface area contributed by atoms with Gasteiger partial charge in [-0.05, 0) is 60.5 Å². The van der Waals surface area contributed by atoms with E-state index < -0.39 is 0 Å². The number of carbonyl (C=O) groups excluding carboxylic acids is 2. The Bertz CT molecular complexity index is 928. The minimum atomic E-state index is -0.228. The number of pyridine rings is 1. The largest absolute Gasteiger partial charge is 0.326 e. The van der Waals surface area contributed by atoms with Gasteiger partial charge in [-0.3, -0.25) is 14.6 Å². The van der Waals surface area contributed by atoms with Crippen molar-refractivity contribution >= 4 is 39.1 Å². The molecule has 0 aliphatic heterocycles. The van der Waals surface area contributed by atoms with Gasteiger partial charge in [0.25, 0.3) is 5.91 Å². The molecule has 2 aromatic carbocycles. The summed E-state index contributed by atoms with van der Waals surface area (Å²) in [6.45, 7) is 0. The van der Waals surface area contributed by atoms with Crippen LogP contribution >= 0.6 is 15.9 Å². The number of hydrogen-bond donors (Lipinski definition) is 2. The maximum atomic E-state index is 12.1. The second kappa shape index (κ2) is 9.09. The van der Waals surface area contributed by atoms with Crippen molar-refractivity contribution in [2.24, 2.45) is 0 Å². The minimum absolute atomic E-state index is 0.0536. The number of anilines is 2. The summed E-state index contributed by atoms with van der Waals surface area (Å²) in [6.07, 6.45) is 4.19. The molecule has 0 unspecified atom stereocenters. The molecule has 0 fully saturated rings. The highest BCUT2D eigenvalue weighted by atomic mass is 79.9. The lowest BCUT2D eigenvalue weighted by molar-refractivity contribution is -0.116. The van der Waals surface area contributed by atoms with Crippen LogP contribution in [0.4, 0.5) is 11.4 Å². The molecule has 0 saturated heterocycles. The number of nitrogens with one attached hydrogen (secondary N) is 2. The number of aryl methyl sites for hydroxylation is 1. The third kappa shape index (κ3) is 5.76. The summed E-state index contributed by atoms with van der Waals surface area (Å²) in [6, 6.07) is 18.3. The van der Waals surface area contributed by atoms with E-state index in [1.165, 1.54) is 6.20 Å². The van der Waals surface area contributed by atoms with Gasteiger partial charge in [0, 0.05) is 34.7 Å². The molecular formula is C21H18BrN3O2. The Morgan fingerprint density at radius 3 is 2.33 bits per heavy atom. The highest BCUT2D eigenvalue weighted by molar-refractivity contribution is 9.10. The molecule has 2 N–H and O–H groups in total. The zero-order chi connectivity index (χ0) is 19.1. The van der Waals surface area contributed by atoms with E-state index in [0.29, 0.717) is 29.8 Å². The molecule has 0 bridgehead atoms. The molecule has 3 rings (SSSR count). The summed E-state index contributed by atoms with van der Waals surface area (Å²) in [5, 5.41) is 5.66. The summed E-state index contributed by atoms with van der Waals surface area (Å²) < 4.78 is 1.00. The van der Waals surface area contributed by atoms with E-state index in [0.717, 1.165) is 10.0 Å². The summed E-state index contributed by atoms with van der Waals surface area (Å²) in [4.78, 5) is 28.1. The number of benzene rings is 2. The van der Waals surface area contributed by atoms with Crippen LogP contribution in [0, 0.1) is 0 Å². The number of hydrogen-bond acceptors (Lipinski definition) is 3. The van der Waals surface area contributed by atoms with Crippen LogP contribution in [0.2, 0.25) is 0 Å². The standard InChI is InChI=1S/C21H18BrN3O2/c22-17-5-1-3-15(13-17)6-11-20(26)24-18-7-9-19(10-8-18)25-21(27)16-4-2-12-23-14-16/h1-5,7-10,12-14H,6,11H2,(H,24,26)(H,25,27). The van der Waals surface area contributed by atoms with E-state index in [-0.39, 0.29) is 11.8 Å². The van der Waals surface area contributed by atoms with Crippen molar-refractivity contribution in [3.63, 3.8) is 0 Å². The first-order valence-corrected chi connectivity index (χ1v) is 9.25. The van der Waals surface area contributed by atoms with Crippen molar-refractivity contribution in [1.29, 1.82) is 0 Å². The molecule has 1 heterocycles. The van der Waals surface area contributed by atoms with Gasteiger partial charge in [-0.2, -0.15) is 0 Å². The number of carbonyl (C=O) groups is 2. The highest BCUT2D eigenvalue weighted by Crippen LogP contribution is 2.16. The van der Waals surface area contributed by atoms with Crippen LogP contribution in [0.15, 0.2) is 77.5 Å². The Morgan fingerprint density at radius 1 is 0.926 bits per heavy atom. The third-order valence-corrected chi connectivity index (χ3v) is 4.37. The van der Waals surface area contributed by atoms with E-state index in [2.05, 4.69) is 31.5 Å². The number of amides is 2. The Kier molecular flexibility index (Phi) is 6.33. The quantitative estimate of drug-likeness (QED) is 0.604. The van der Waals surface area contributed by atoms with Crippen molar-refractivity contribution in [2.75, 3.05) is 10.6 Å². The van der Waals surface area contributed by atoms with Gasteiger partial charge in [-0.1, -0.05) is 28.1 Å². The summed E-state index contributed by atoms with van der Waals surface area (Å²) in [5.41, 5.74) is 2.93. The number of halogens is 1. The second-order valence-electron chi connectivity index (χ2n) is 5.95. The molecule has 0 spiro atoms. The molecule has 27 heavy (non-hydrogen) atoms. The zero-order valence-electron chi connectivity index (χ0n) is 14.5. The Hall–Kier alpha value is -2.99. The smallest absolute Gasteiger partial charge is 0.257 e. The first-order chi connectivity index (χ1) is 13.1. The molecule has 6 heteroatoms. The third-order valence-electron chi connectivity index (χ3n) is 3.88. The van der Waals surface area contributed by atoms with Crippen LogP contribution in [0.3, 0.4) is 0 Å². The first kappa shape index (κ1) is 18.8. The molecule has 0 atom stereocenters. The van der Waals surface area contributed by atoms with Crippen molar-refractivity contribution in [3.05, 3.63) is 88.7 Å². The molecule has 3 aromatic rings. The predicted octanol–water partition coefficient (Wildman–Crippen LogP) is 4.67. The van der Waals surface area contributed by atoms with Crippen molar-refractivity contribution in [3.8, 4) is 0 Å². The van der Waals surface area contributed by atoms with Crippen LogP contribution in [-0.4, -0.2) is 16.8 Å². The van der Waals surface area contributed by atoms with Crippen LogP contribution in [0.25, 0.3) is 0 Å². The first-order valence-electron chi connectivity index (χ1n) is 8.46. The second-order valence-corrected chi connectivity index (χ2v) is 6.87. The molecule has 0 radical (unpaired) electrons. The minimum Gasteiger partial charge on any atom is -0.326 e. The monoisotopic (exact) mass is 423 g/mol. The van der Waals surface area contributed by atoms with E-state index in [4.69, 9.17) is 0 Å². The van der Waals surface area contributed by atoms with Gasteiger partial charge in [0.1, 0.15) is 0 Å². The molecule has 136 valence electrons. The fraction of sp³-hybridized carbons (Fsp3) is 0.0952. The molecule has 5 nitrogen and oxygen atoms in total. The van der Waals surface area contributed by atoms with Gasteiger partial charge in [0.05, 0.1) is 5.56 Å². The van der Waals surface area contributed by atoms with Crippen LogP contribution in [0.5, 0.6) is 0 Å². The van der Waals surface area contributed by atoms with E-state index in [1.54, 1.807) is 42.6 Å². The van der Waals surface area contributed by atoms with Gasteiger partial charge in [0.15, 0.2) is 0 Å². The predicted molar refractivity (Wildman–Crippen MR) is 110 cm³/mol. The number of aromatic nitrogens is 1. The summed E-state index contributed by atoms with van der Waals surface area (Å²) in [7, 11) is 0. The topological polar surface area (TPSA) is 71.1 Å². The average molecular weight is 424 g/mol. The van der Waals surface area contributed by atoms with Gasteiger partial charge in [-0.25, -0.2) is 0 Å². The molecule has 0 aliphatic carbocycles. The Labute approximate surface area is 166 Å². The fourth-order valence-corrected chi connectivity index (χ4v) is 2.96. The number of rotatable bonds is 6. The lowest BCUT2D eigenvalue weighted by atomic mass is 10.1. The Morgan fingerprint density at radius 2 is 1.67 bits per heavy atom. The van der Waals surface area contributed by atoms with E-state index in [9.17, 15) is 9.59 Å². The van der Waals surface area contributed by atoms with Crippen molar-refractivity contribution in [1.82, 2.24) is 4.98 Å². The van der Waals surface area contributed by atoms with Gasteiger partial charge in [-0.15, -0.1) is 0 Å². The fourth-order valence-electron chi connectivity index (χ4n) is 2.51. The molecule has 0 saturated carbocycles. The van der Waals surface area contributed by atoms with Gasteiger partial charge < -0.3 is 10.6 Å². The van der Waals surface area contributed by atoms with Crippen molar-refractivity contribution in [2.45, 2.75) is 12.8 Å². The van der Waals surface area contributed by atoms with Crippen molar-refractivity contribution < 1.29 is 9.59 Å². The molecule has 2 amide bonds. The summed E-state index contributed by atoms with van der Waals surface area (Å²) in [5.74, 6) is -0.281. The normalized spacial score (nSPS) is 10.3. The van der Waals surface area contributed by atoms with Crippen LogP contribution in [0.1, 0.15) is 22.3 Å². The average Bonchev–Trinajstić information content (AvgIpc) is 2.69. The maximum absolute atomic E-state index is 12.1. The lowest BCUT2D eigenvalue weighted by Gasteiger charge is -2.08. The van der Waals surface area contributed by atoms with E-state index >= 15 is 0 Å². The SMILES string of the molecule is O=C(CCc1cccc(Br)c1)Nc1ccc(NC(=O)c2cccnc2)cc1. The van der Waals surface area contributed by atoms with E-state index in [1.807, 2.05) is 24.3 Å². The van der Waals surface area contributed by atoms with Gasteiger partial charge >= 0.3 is 0 Å². The molecular weight excluding hydrogens is 406 g/mol. The lowest BCUT2D eigenvalue weighted by Crippen LogP contribution is -2.13. The highest BCUT2D eigenvalue weighted by Gasteiger charge is 2.07. The molecule has 1 aromatic heterocycles. The Balaban J connectivity index is 1.51.